The molecular formula is C10H11N3S. The Kier molecular flexibility index (Phi) is 2.37. The number of hydrogen-bond donors (Lipinski definition) is 2. The van der Waals surface area contributed by atoms with Crippen LogP contribution in [0.5, 0.6) is 0 Å². The van der Waals surface area contributed by atoms with Crippen LogP contribution in [0.15, 0.2) is 30.5 Å². The number of hydrogen-bond acceptors (Lipinski definition) is 4. The molecule has 1 aromatic carbocycles. The van der Waals surface area contributed by atoms with Crippen molar-refractivity contribution in [2.24, 2.45) is 0 Å². The van der Waals surface area contributed by atoms with Crippen LogP contribution in [0.25, 0.3) is 0 Å². The summed E-state index contributed by atoms with van der Waals surface area (Å²) in [5.41, 5.74) is 7.84. The van der Waals surface area contributed by atoms with Gasteiger partial charge in [0.1, 0.15) is 5.00 Å². The van der Waals surface area contributed by atoms with Gasteiger partial charge in [-0.25, -0.2) is 4.98 Å². The highest BCUT2D eigenvalue weighted by Gasteiger charge is 1.98. The Hall–Kier alpha value is -1.55. The predicted octanol–water partition coefficient (Wildman–Crippen LogP) is 2.78. The van der Waals surface area contributed by atoms with Crippen LogP contribution in [0.4, 0.5) is 15.8 Å². The number of aryl methyl sites for hydroxylation is 1. The van der Waals surface area contributed by atoms with E-state index in [0.29, 0.717) is 0 Å². The van der Waals surface area contributed by atoms with E-state index in [9.17, 15) is 0 Å². The van der Waals surface area contributed by atoms with Gasteiger partial charge in [0.15, 0.2) is 5.13 Å². The fraction of sp³-hybridized carbons (Fsp3) is 0.100. The van der Waals surface area contributed by atoms with Crippen molar-refractivity contribution >= 4 is 27.2 Å². The van der Waals surface area contributed by atoms with Gasteiger partial charge in [0.25, 0.3) is 0 Å². The third-order valence-corrected chi connectivity index (χ3v) is 2.53. The van der Waals surface area contributed by atoms with Crippen molar-refractivity contribution in [2.75, 3.05) is 11.1 Å². The molecule has 0 fully saturated rings. The minimum absolute atomic E-state index is 0.722. The third kappa shape index (κ3) is 2.03. The molecule has 14 heavy (non-hydrogen) atoms. The van der Waals surface area contributed by atoms with E-state index in [4.69, 9.17) is 5.73 Å². The second-order valence-electron chi connectivity index (χ2n) is 3.06. The average molecular weight is 205 g/mol. The topological polar surface area (TPSA) is 50.9 Å². The zero-order valence-corrected chi connectivity index (χ0v) is 8.64. The van der Waals surface area contributed by atoms with Gasteiger partial charge in [-0.15, -0.1) is 0 Å². The summed E-state index contributed by atoms with van der Waals surface area (Å²) in [7, 11) is 0. The number of anilines is 3. The normalized spacial score (nSPS) is 10.1. The summed E-state index contributed by atoms with van der Waals surface area (Å²) in [5, 5.41) is 4.74. The van der Waals surface area contributed by atoms with Crippen LogP contribution in [0.3, 0.4) is 0 Å². The van der Waals surface area contributed by atoms with Crippen LogP contribution in [0.1, 0.15) is 5.56 Å². The van der Waals surface area contributed by atoms with Gasteiger partial charge >= 0.3 is 0 Å². The molecular weight excluding hydrogens is 194 g/mol. The minimum atomic E-state index is 0.722. The number of nitrogens with two attached hydrogens (primary N) is 1. The molecule has 0 aliphatic rings. The second-order valence-corrected chi connectivity index (χ2v) is 4.12. The number of thiazole rings is 1. The summed E-state index contributed by atoms with van der Waals surface area (Å²) in [4.78, 5) is 4.12. The molecule has 3 N–H and O–H groups in total. The van der Waals surface area contributed by atoms with Crippen molar-refractivity contribution in [3.63, 3.8) is 0 Å². The highest BCUT2D eigenvalue weighted by molar-refractivity contribution is 7.19. The lowest BCUT2D eigenvalue weighted by Gasteiger charge is -2.02. The molecule has 3 nitrogen and oxygen atoms in total. The minimum Gasteiger partial charge on any atom is -0.389 e. The predicted molar refractivity (Wildman–Crippen MR) is 61.0 cm³/mol. The summed E-state index contributed by atoms with van der Waals surface area (Å²) in [6, 6.07) is 8.14. The number of benzene rings is 1. The molecule has 0 unspecified atom stereocenters. The first-order chi connectivity index (χ1) is 6.74. The zero-order chi connectivity index (χ0) is 9.97. The first-order valence-corrected chi connectivity index (χ1v) is 5.11. The number of aromatic nitrogens is 1. The van der Waals surface area contributed by atoms with Gasteiger partial charge in [-0.1, -0.05) is 23.5 Å². The number of nitrogens with one attached hydrogen (secondary N) is 1. The van der Waals surface area contributed by atoms with Gasteiger partial charge in [-0.2, -0.15) is 0 Å². The van der Waals surface area contributed by atoms with Gasteiger partial charge in [0, 0.05) is 5.69 Å². The van der Waals surface area contributed by atoms with Gasteiger partial charge in [-0.3, -0.25) is 0 Å². The molecule has 1 heterocycles. The van der Waals surface area contributed by atoms with E-state index in [1.54, 1.807) is 6.20 Å². The molecule has 0 spiro atoms. The van der Waals surface area contributed by atoms with Crippen molar-refractivity contribution < 1.29 is 0 Å². The molecule has 0 aliphatic carbocycles. The molecule has 0 atom stereocenters. The Bertz CT molecular complexity index is 436. The molecule has 2 rings (SSSR count). The monoisotopic (exact) mass is 205 g/mol. The van der Waals surface area contributed by atoms with E-state index in [2.05, 4.69) is 29.4 Å². The van der Waals surface area contributed by atoms with Gasteiger partial charge in [0.2, 0.25) is 0 Å². The first kappa shape index (κ1) is 9.02. The summed E-state index contributed by atoms with van der Waals surface area (Å²) in [5.74, 6) is 0. The van der Waals surface area contributed by atoms with Crippen LogP contribution >= 0.6 is 11.3 Å². The fourth-order valence-corrected chi connectivity index (χ4v) is 1.79. The molecule has 0 amide bonds. The highest BCUT2D eigenvalue weighted by Crippen LogP contribution is 2.23. The summed E-state index contributed by atoms with van der Waals surface area (Å²) in [6.07, 6.45) is 1.66. The molecule has 1 aromatic heterocycles. The SMILES string of the molecule is Cc1cccc(Nc2ncc(N)s2)c1. The van der Waals surface area contributed by atoms with Crippen LogP contribution < -0.4 is 11.1 Å². The van der Waals surface area contributed by atoms with E-state index in [1.807, 2.05) is 12.1 Å². The largest absolute Gasteiger partial charge is 0.389 e. The highest BCUT2D eigenvalue weighted by atomic mass is 32.1. The number of nitrogen functional groups attached to an aromatic ring is 1. The van der Waals surface area contributed by atoms with E-state index in [0.717, 1.165) is 15.8 Å². The van der Waals surface area contributed by atoms with Crippen molar-refractivity contribution in [3.8, 4) is 0 Å². The van der Waals surface area contributed by atoms with Crippen LogP contribution in [-0.2, 0) is 0 Å². The zero-order valence-electron chi connectivity index (χ0n) is 7.82. The maximum absolute atomic E-state index is 5.58. The van der Waals surface area contributed by atoms with E-state index in [-0.39, 0.29) is 0 Å². The summed E-state index contributed by atoms with van der Waals surface area (Å²) in [6.45, 7) is 2.06. The molecule has 2 aromatic rings. The second kappa shape index (κ2) is 3.67. The van der Waals surface area contributed by atoms with E-state index >= 15 is 0 Å². The maximum atomic E-state index is 5.58. The Morgan fingerprint density at radius 3 is 2.93 bits per heavy atom. The van der Waals surface area contributed by atoms with Crippen molar-refractivity contribution in [2.45, 2.75) is 6.92 Å². The fourth-order valence-electron chi connectivity index (χ4n) is 1.19. The summed E-state index contributed by atoms with van der Waals surface area (Å²) < 4.78 is 0. The number of rotatable bonds is 2. The Balaban J connectivity index is 2.18. The number of nitrogens with zero attached hydrogens (tertiary/aromatic N) is 1. The van der Waals surface area contributed by atoms with Gasteiger partial charge in [0.05, 0.1) is 6.20 Å². The molecule has 4 heteroatoms. The van der Waals surface area contributed by atoms with Crippen LogP contribution in [0, 0.1) is 6.92 Å². The van der Waals surface area contributed by atoms with Crippen LogP contribution in [0.2, 0.25) is 0 Å². The standard InChI is InChI=1S/C10H11N3S/c1-7-3-2-4-8(5-7)13-10-12-6-9(11)14-10/h2-6H,11H2,1H3,(H,12,13). The van der Waals surface area contributed by atoms with Crippen molar-refractivity contribution in [1.82, 2.24) is 4.98 Å². The average Bonchev–Trinajstić information content (AvgIpc) is 2.51. The molecule has 0 saturated carbocycles. The lowest BCUT2D eigenvalue weighted by molar-refractivity contribution is 1.38. The lowest BCUT2D eigenvalue weighted by atomic mass is 10.2. The lowest BCUT2D eigenvalue weighted by Crippen LogP contribution is -1.88. The smallest absolute Gasteiger partial charge is 0.189 e. The molecule has 0 radical (unpaired) electrons. The molecule has 0 saturated heterocycles. The third-order valence-electron chi connectivity index (χ3n) is 1.79. The molecule has 0 aliphatic heterocycles. The van der Waals surface area contributed by atoms with Crippen molar-refractivity contribution in [1.29, 1.82) is 0 Å². The van der Waals surface area contributed by atoms with E-state index < -0.39 is 0 Å². The van der Waals surface area contributed by atoms with Gasteiger partial charge < -0.3 is 11.1 Å². The Morgan fingerprint density at radius 2 is 2.29 bits per heavy atom. The first-order valence-electron chi connectivity index (χ1n) is 4.29. The maximum Gasteiger partial charge on any atom is 0.189 e. The van der Waals surface area contributed by atoms with Crippen molar-refractivity contribution in [3.05, 3.63) is 36.0 Å². The Labute approximate surface area is 86.6 Å². The molecule has 0 bridgehead atoms. The Morgan fingerprint density at radius 1 is 1.43 bits per heavy atom. The van der Waals surface area contributed by atoms with Gasteiger partial charge in [-0.05, 0) is 24.6 Å². The van der Waals surface area contributed by atoms with Crippen LogP contribution in [-0.4, -0.2) is 4.98 Å². The summed E-state index contributed by atoms with van der Waals surface area (Å²) >= 11 is 1.44. The van der Waals surface area contributed by atoms with E-state index in [1.165, 1.54) is 16.9 Å². The molecule has 72 valence electrons. The quantitative estimate of drug-likeness (QED) is 0.792.